The average molecular weight is 334 g/mol. The highest BCUT2D eigenvalue weighted by Gasteiger charge is 2.19. The molecule has 1 aliphatic heterocycles. The number of anilines is 1. The predicted molar refractivity (Wildman–Crippen MR) is 96.7 cm³/mol. The van der Waals surface area contributed by atoms with Crippen LogP contribution in [-0.2, 0) is 0 Å². The first-order valence-electron chi connectivity index (χ1n) is 8.60. The van der Waals surface area contributed by atoms with Crippen LogP contribution in [0.2, 0.25) is 0 Å². The molecule has 7 heteroatoms. The second-order valence-corrected chi connectivity index (χ2v) is 6.67. The van der Waals surface area contributed by atoms with Crippen LogP contribution in [0.3, 0.4) is 0 Å². The predicted octanol–water partition coefficient (Wildman–Crippen LogP) is 1.01. The fourth-order valence-corrected chi connectivity index (χ4v) is 3.53. The Bertz CT molecular complexity index is 483. The smallest absolute Gasteiger partial charge is 0.225 e. The molecule has 0 aromatic carbocycles. The molecule has 0 radical (unpaired) electrons. The Morgan fingerprint density at radius 2 is 1.83 bits per heavy atom. The van der Waals surface area contributed by atoms with Gasteiger partial charge >= 0.3 is 0 Å². The summed E-state index contributed by atoms with van der Waals surface area (Å²) in [5.41, 5.74) is 0. The van der Waals surface area contributed by atoms with Gasteiger partial charge in [0.1, 0.15) is 0 Å². The number of hydrogen-bond acceptors (Lipinski definition) is 5. The van der Waals surface area contributed by atoms with Gasteiger partial charge in [0.05, 0.1) is 0 Å². The molecule has 1 aromatic heterocycles. The van der Waals surface area contributed by atoms with Crippen molar-refractivity contribution >= 4 is 23.3 Å². The van der Waals surface area contributed by atoms with Gasteiger partial charge in [0.2, 0.25) is 5.95 Å². The zero-order chi connectivity index (χ0) is 15.9. The van der Waals surface area contributed by atoms with Gasteiger partial charge in [0.25, 0.3) is 0 Å². The van der Waals surface area contributed by atoms with Crippen molar-refractivity contribution < 1.29 is 0 Å². The molecule has 0 spiro atoms. The lowest BCUT2D eigenvalue weighted by molar-refractivity contribution is 0.260. The Hall–Kier alpha value is -1.47. The summed E-state index contributed by atoms with van der Waals surface area (Å²) in [4.78, 5) is 13.3. The maximum atomic E-state index is 5.37. The second kappa shape index (κ2) is 8.40. The van der Waals surface area contributed by atoms with Crippen molar-refractivity contribution in [3.8, 4) is 0 Å². The molecule has 2 N–H and O–H groups in total. The quantitative estimate of drug-likeness (QED) is 0.779. The summed E-state index contributed by atoms with van der Waals surface area (Å²) in [7, 11) is 0. The zero-order valence-corrected chi connectivity index (χ0v) is 14.4. The summed E-state index contributed by atoms with van der Waals surface area (Å²) in [5.74, 6) is 0.840. The van der Waals surface area contributed by atoms with E-state index in [1.807, 2.05) is 6.07 Å². The average Bonchev–Trinajstić information content (AvgIpc) is 3.09. The molecule has 1 saturated carbocycles. The first-order chi connectivity index (χ1) is 11.3. The maximum Gasteiger partial charge on any atom is 0.225 e. The van der Waals surface area contributed by atoms with E-state index in [0.29, 0.717) is 6.04 Å². The first-order valence-corrected chi connectivity index (χ1v) is 9.01. The van der Waals surface area contributed by atoms with E-state index in [4.69, 9.17) is 12.2 Å². The second-order valence-electron chi connectivity index (χ2n) is 6.26. The topological polar surface area (TPSA) is 56.3 Å². The maximum absolute atomic E-state index is 5.37. The molecule has 0 atom stereocenters. The Labute approximate surface area is 143 Å². The van der Waals surface area contributed by atoms with Gasteiger partial charge < -0.3 is 15.5 Å². The van der Waals surface area contributed by atoms with E-state index >= 15 is 0 Å². The van der Waals surface area contributed by atoms with E-state index < -0.39 is 0 Å². The number of nitrogens with one attached hydrogen (secondary N) is 2. The largest absolute Gasteiger partial charge is 0.361 e. The van der Waals surface area contributed by atoms with Gasteiger partial charge in [-0.25, -0.2) is 9.97 Å². The van der Waals surface area contributed by atoms with Gasteiger partial charge in [-0.3, -0.25) is 4.90 Å². The third-order valence-electron chi connectivity index (χ3n) is 4.61. The normalized spacial score (nSPS) is 19.7. The molecule has 2 fully saturated rings. The highest BCUT2D eigenvalue weighted by Crippen LogP contribution is 2.17. The highest BCUT2D eigenvalue weighted by molar-refractivity contribution is 7.80. The van der Waals surface area contributed by atoms with Crippen LogP contribution in [0.15, 0.2) is 18.5 Å². The summed E-state index contributed by atoms with van der Waals surface area (Å²) in [6, 6.07) is 2.44. The molecule has 1 saturated heterocycles. The molecule has 3 rings (SSSR count). The van der Waals surface area contributed by atoms with Crippen molar-refractivity contribution in [2.75, 3.05) is 44.2 Å². The summed E-state index contributed by atoms with van der Waals surface area (Å²) in [5, 5.41) is 7.58. The fraction of sp³-hybridized carbons (Fsp3) is 0.688. The fourth-order valence-electron chi connectivity index (χ4n) is 3.26. The molecule has 2 aliphatic rings. The van der Waals surface area contributed by atoms with Gasteiger partial charge in [0, 0.05) is 57.7 Å². The van der Waals surface area contributed by atoms with Crippen molar-refractivity contribution in [1.82, 2.24) is 25.5 Å². The van der Waals surface area contributed by atoms with Gasteiger partial charge in [-0.2, -0.15) is 0 Å². The van der Waals surface area contributed by atoms with Crippen molar-refractivity contribution in [2.45, 2.75) is 31.7 Å². The van der Waals surface area contributed by atoms with Crippen LogP contribution in [0.25, 0.3) is 0 Å². The summed E-state index contributed by atoms with van der Waals surface area (Å²) < 4.78 is 0. The minimum absolute atomic E-state index is 0.587. The summed E-state index contributed by atoms with van der Waals surface area (Å²) >= 11 is 5.37. The van der Waals surface area contributed by atoms with E-state index in [0.717, 1.165) is 50.3 Å². The lowest BCUT2D eigenvalue weighted by atomic mass is 10.3. The number of thiocarbonyl (C=S) groups is 1. The molecular weight excluding hydrogens is 308 g/mol. The van der Waals surface area contributed by atoms with Crippen LogP contribution in [0.5, 0.6) is 0 Å². The third kappa shape index (κ3) is 5.00. The number of piperazine rings is 1. The number of hydrogen-bond donors (Lipinski definition) is 2. The van der Waals surface area contributed by atoms with Crippen LogP contribution < -0.4 is 15.5 Å². The minimum Gasteiger partial charge on any atom is -0.361 e. The van der Waals surface area contributed by atoms with E-state index in [1.165, 1.54) is 25.7 Å². The zero-order valence-electron chi connectivity index (χ0n) is 13.6. The molecule has 0 amide bonds. The SMILES string of the molecule is S=C(NCCN1CCN(c2ncccn2)CC1)NC1CCCC1. The Balaban J connectivity index is 1.31. The Morgan fingerprint density at radius 3 is 2.52 bits per heavy atom. The molecule has 1 aliphatic carbocycles. The molecule has 0 bridgehead atoms. The van der Waals surface area contributed by atoms with E-state index in [2.05, 4.69) is 30.4 Å². The van der Waals surface area contributed by atoms with Crippen LogP contribution >= 0.6 is 12.2 Å². The molecular formula is C16H26N6S. The van der Waals surface area contributed by atoms with Crippen molar-refractivity contribution in [3.63, 3.8) is 0 Å². The molecule has 0 unspecified atom stereocenters. The van der Waals surface area contributed by atoms with E-state index in [1.54, 1.807) is 12.4 Å². The van der Waals surface area contributed by atoms with Gasteiger partial charge in [-0.15, -0.1) is 0 Å². The highest BCUT2D eigenvalue weighted by atomic mass is 32.1. The lowest BCUT2D eigenvalue weighted by Gasteiger charge is -2.34. The molecule has 23 heavy (non-hydrogen) atoms. The van der Waals surface area contributed by atoms with Crippen molar-refractivity contribution in [2.24, 2.45) is 0 Å². The Kier molecular flexibility index (Phi) is 5.99. The van der Waals surface area contributed by atoms with Gasteiger partial charge in [-0.1, -0.05) is 12.8 Å². The molecule has 6 nitrogen and oxygen atoms in total. The first kappa shape index (κ1) is 16.4. The van der Waals surface area contributed by atoms with Crippen molar-refractivity contribution in [1.29, 1.82) is 0 Å². The van der Waals surface area contributed by atoms with Crippen LogP contribution in [0.4, 0.5) is 5.95 Å². The van der Waals surface area contributed by atoms with Crippen LogP contribution in [0, 0.1) is 0 Å². The lowest BCUT2D eigenvalue weighted by Crippen LogP contribution is -2.50. The number of nitrogens with zero attached hydrogens (tertiary/aromatic N) is 4. The van der Waals surface area contributed by atoms with E-state index in [9.17, 15) is 0 Å². The minimum atomic E-state index is 0.587. The molecule has 126 valence electrons. The Morgan fingerprint density at radius 1 is 1.13 bits per heavy atom. The third-order valence-corrected chi connectivity index (χ3v) is 4.87. The van der Waals surface area contributed by atoms with E-state index in [-0.39, 0.29) is 0 Å². The number of rotatable bonds is 5. The molecule has 1 aromatic rings. The van der Waals surface area contributed by atoms with Crippen molar-refractivity contribution in [3.05, 3.63) is 18.5 Å². The van der Waals surface area contributed by atoms with Crippen LogP contribution in [0.1, 0.15) is 25.7 Å². The van der Waals surface area contributed by atoms with Crippen LogP contribution in [-0.4, -0.2) is 65.3 Å². The standard InChI is InChI=1S/C16H26N6S/c23-16(20-14-4-1-2-5-14)19-8-9-21-10-12-22(13-11-21)15-17-6-3-7-18-15/h3,6-7,14H,1-2,4-5,8-13H2,(H2,19,20,23). The molecule has 2 heterocycles. The summed E-state index contributed by atoms with van der Waals surface area (Å²) in [6.07, 6.45) is 8.77. The number of aromatic nitrogens is 2. The monoisotopic (exact) mass is 334 g/mol. The van der Waals surface area contributed by atoms with Gasteiger partial charge in [-0.05, 0) is 31.1 Å². The summed E-state index contributed by atoms with van der Waals surface area (Å²) in [6.45, 7) is 5.98. The van der Waals surface area contributed by atoms with Gasteiger partial charge in [0.15, 0.2) is 5.11 Å².